The molecule has 4 aromatic rings. The second-order valence-corrected chi connectivity index (χ2v) is 7.46. The molecule has 1 aliphatic heterocycles. The monoisotopic (exact) mass is 410 g/mol. The van der Waals surface area contributed by atoms with Crippen molar-refractivity contribution in [2.75, 3.05) is 4.90 Å². The van der Waals surface area contributed by atoms with Crippen LogP contribution in [-0.2, 0) is 0 Å². The summed E-state index contributed by atoms with van der Waals surface area (Å²) in [7, 11) is 0. The molecule has 0 saturated heterocycles. The third kappa shape index (κ3) is 2.98. The average molecular weight is 410 g/mol. The summed E-state index contributed by atoms with van der Waals surface area (Å²) >= 11 is 0. The molecule has 1 N–H and O–H groups in total. The number of aromatic amines is 1. The number of benzene rings is 3. The van der Waals surface area contributed by atoms with Crippen LogP contribution in [0.3, 0.4) is 0 Å². The van der Waals surface area contributed by atoms with Crippen LogP contribution in [0.15, 0.2) is 78.9 Å². The first-order valence-corrected chi connectivity index (χ1v) is 9.83. The van der Waals surface area contributed by atoms with Gasteiger partial charge in [-0.05, 0) is 25.1 Å². The molecular formula is C24H18N4O3. The molecule has 1 aliphatic rings. The largest absolute Gasteiger partial charge is 0.295 e. The van der Waals surface area contributed by atoms with Crippen LogP contribution in [0.5, 0.6) is 0 Å². The first kappa shape index (κ1) is 18.7. The zero-order chi connectivity index (χ0) is 21.5. The Morgan fingerprint density at radius 1 is 0.968 bits per heavy atom. The Kier molecular flexibility index (Phi) is 4.36. The van der Waals surface area contributed by atoms with Crippen molar-refractivity contribution >= 4 is 17.3 Å². The maximum absolute atomic E-state index is 13.4. The number of carbonyl (C=O) groups excluding carboxylic acids is 1. The number of carbonyl (C=O) groups is 1. The van der Waals surface area contributed by atoms with Crippen molar-refractivity contribution < 1.29 is 9.72 Å². The number of hydrogen-bond donors (Lipinski definition) is 1. The van der Waals surface area contributed by atoms with E-state index in [0.717, 1.165) is 11.1 Å². The van der Waals surface area contributed by atoms with E-state index >= 15 is 0 Å². The second-order valence-electron chi connectivity index (χ2n) is 7.46. The van der Waals surface area contributed by atoms with Crippen molar-refractivity contribution in [2.45, 2.75) is 13.0 Å². The predicted molar refractivity (Wildman–Crippen MR) is 117 cm³/mol. The number of aryl methyl sites for hydroxylation is 1. The van der Waals surface area contributed by atoms with Crippen molar-refractivity contribution in [1.29, 1.82) is 0 Å². The van der Waals surface area contributed by atoms with Crippen LogP contribution >= 0.6 is 0 Å². The third-order valence-electron chi connectivity index (χ3n) is 5.56. The lowest BCUT2D eigenvalue weighted by atomic mass is 9.94. The smallest absolute Gasteiger partial charge is 0.277 e. The Morgan fingerprint density at radius 2 is 1.65 bits per heavy atom. The van der Waals surface area contributed by atoms with E-state index in [9.17, 15) is 14.9 Å². The van der Waals surface area contributed by atoms with Crippen LogP contribution in [0.4, 0.5) is 11.4 Å². The van der Waals surface area contributed by atoms with Gasteiger partial charge in [0.1, 0.15) is 5.69 Å². The number of fused-ring (bicyclic) bond motifs is 1. The molecule has 0 bridgehead atoms. The average Bonchev–Trinajstić information content (AvgIpc) is 3.34. The van der Waals surface area contributed by atoms with Crippen molar-refractivity contribution in [3.05, 3.63) is 111 Å². The fraction of sp³-hybridized carbons (Fsp3) is 0.0833. The Morgan fingerprint density at radius 3 is 2.35 bits per heavy atom. The summed E-state index contributed by atoms with van der Waals surface area (Å²) in [4.78, 5) is 26.5. The molecule has 5 rings (SSSR count). The molecule has 0 unspecified atom stereocenters. The van der Waals surface area contributed by atoms with E-state index in [1.165, 1.54) is 6.07 Å². The first-order chi connectivity index (χ1) is 15.1. The SMILES string of the molecule is Cc1ccc(-c2n[nH]c3c2[C@H](c2ccccc2[N+](=O)[O-])N(c2ccccc2)C3=O)cc1. The van der Waals surface area contributed by atoms with Crippen LogP contribution < -0.4 is 4.90 Å². The maximum Gasteiger partial charge on any atom is 0.277 e. The van der Waals surface area contributed by atoms with Crippen LogP contribution in [0, 0.1) is 17.0 Å². The fourth-order valence-corrected chi connectivity index (χ4v) is 4.11. The molecule has 152 valence electrons. The van der Waals surface area contributed by atoms with E-state index in [0.29, 0.717) is 28.2 Å². The summed E-state index contributed by atoms with van der Waals surface area (Å²) in [5.74, 6) is -0.268. The Hall–Kier alpha value is -4.26. The Balaban J connectivity index is 1.77. The number of hydrogen-bond acceptors (Lipinski definition) is 4. The summed E-state index contributed by atoms with van der Waals surface area (Å²) < 4.78 is 0. The molecule has 31 heavy (non-hydrogen) atoms. The number of H-pyrrole nitrogens is 1. The molecule has 1 atom stereocenters. The molecule has 0 radical (unpaired) electrons. The topological polar surface area (TPSA) is 92.1 Å². The molecule has 1 aromatic heterocycles. The zero-order valence-corrected chi connectivity index (χ0v) is 16.6. The van der Waals surface area contributed by atoms with E-state index in [4.69, 9.17) is 0 Å². The summed E-state index contributed by atoms with van der Waals surface area (Å²) in [6.07, 6.45) is 0. The lowest BCUT2D eigenvalue weighted by Crippen LogP contribution is -2.29. The van der Waals surface area contributed by atoms with Gasteiger partial charge in [-0.2, -0.15) is 5.10 Å². The summed E-state index contributed by atoms with van der Waals surface area (Å²) in [5, 5.41) is 19.1. The van der Waals surface area contributed by atoms with Crippen molar-refractivity contribution in [3.63, 3.8) is 0 Å². The van der Waals surface area contributed by atoms with Gasteiger partial charge in [-0.1, -0.05) is 60.2 Å². The molecule has 0 aliphatic carbocycles. The Labute approximate surface area is 178 Å². The number of nitrogens with one attached hydrogen (secondary N) is 1. The number of amides is 1. The number of anilines is 1. The summed E-state index contributed by atoms with van der Waals surface area (Å²) in [5.41, 5.74) is 4.63. The standard InChI is InChI=1S/C24H18N4O3/c1-15-11-13-16(14-12-15)21-20-22(26-25-21)24(29)27(17-7-3-2-4-8-17)23(20)18-9-5-6-10-19(18)28(30)31/h2-14,23H,1H3,(H,25,26)/t23-/m0/s1. The number of nitro groups is 1. The maximum atomic E-state index is 13.4. The highest BCUT2D eigenvalue weighted by molar-refractivity contribution is 6.11. The highest BCUT2D eigenvalue weighted by atomic mass is 16.6. The first-order valence-electron chi connectivity index (χ1n) is 9.83. The van der Waals surface area contributed by atoms with Crippen molar-refractivity contribution in [1.82, 2.24) is 10.2 Å². The third-order valence-corrected chi connectivity index (χ3v) is 5.56. The quantitative estimate of drug-likeness (QED) is 0.377. The summed E-state index contributed by atoms with van der Waals surface area (Å²) in [6.45, 7) is 2.00. The normalized spacial score (nSPS) is 15.2. The molecule has 0 fully saturated rings. The number of aromatic nitrogens is 2. The zero-order valence-electron chi connectivity index (χ0n) is 16.6. The van der Waals surface area contributed by atoms with Gasteiger partial charge in [-0.3, -0.25) is 24.9 Å². The van der Waals surface area contributed by atoms with Gasteiger partial charge < -0.3 is 0 Å². The number of nitrogens with zero attached hydrogens (tertiary/aromatic N) is 3. The highest BCUT2D eigenvalue weighted by Gasteiger charge is 2.45. The van der Waals surface area contributed by atoms with Crippen LogP contribution in [0.1, 0.15) is 33.2 Å². The van der Waals surface area contributed by atoms with E-state index in [1.54, 1.807) is 23.1 Å². The molecule has 0 spiro atoms. The number of nitro benzene ring substituents is 1. The summed E-state index contributed by atoms with van der Waals surface area (Å²) in [6, 6.07) is 22.9. The van der Waals surface area contributed by atoms with Crippen LogP contribution in [0.25, 0.3) is 11.3 Å². The van der Waals surface area contributed by atoms with Gasteiger partial charge in [0.25, 0.3) is 11.6 Å². The van der Waals surface area contributed by atoms with Gasteiger partial charge in [0.15, 0.2) is 0 Å². The van der Waals surface area contributed by atoms with Gasteiger partial charge >= 0.3 is 0 Å². The van der Waals surface area contributed by atoms with Crippen LogP contribution in [0.2, 0.25) is 0 Å². The number of rotatable bonds is 4. The van der Waals surface area contributed by atoms with E-state index < -0.39 is 11.0 Å². The van der Waals surface area contributed by atoms with Crippen molar-refractivity contribution in [3.8, 4) is 11.3 Å². The lowest BCUT2D eigenvalue weighted by molar-refractivity contribution is -0.385. The van der Waals surface area contributed by atoms with Crippen LogP contribution in [-0.4, -0.2) is 21.0 Å². The van der Waals surface area contributed by atoms with Gasteiger partial charge in [0.05, 0.1) is 22.2 Å². The fourth-order valence-electron chi connectivity index (χ4n) is 4.11. The molecule has 7 heteroatoms. The van der Waals surface area contributed by atoms with E-state index in [-0.39, 0.29) is 11.6 Å². The van der Waals surface area contributed by atoms with Crippen molar-refractivity contribution in [2.24, 2.45) is 0 Å². The highest BCUT2D eigenvalue weighted by Crippen LogP contribution is 2.46. The molecular weight excluding hydrogens is 392 g/mol. The minimum Gasteiger partial charge on any atom is -0.295 e. The molecule has 1 amide bonds. The molecule has 0 saturated carbocycles. The minimum atomic E-state index is -0.679. The van der Waals surface area contributed by atoms with Gasteiger partial charge in [0.2, 0.25) is 0 Å². The lowest BCUT2D eigenvalue weighted by Gasteiger charge is -2.26. The van der Waals surface area contributed by atoms with Gasteiger partial charge in [0, 0.05) is 22.9 Å². The molecule has 3 aromatic carbocycles. The number of para-hydroxylation sites is 2. The predicted octanol–water partition coefficient (Wildman–Crippen LogP) is 5.04. The van der Waals surface area contributed by atoms with Gasteiger partial charge in [-0.15, -0.1) is 0 Å². The molecule has 2 heterocycles. The van der Waals surface area contributed by atoms with E-state index in [1.807, 2.05) is 61.5 Å². The second kappa shape index (κ2) is 7.21. The molecule has 7 nitrogen and oxygen atoms in total. The van der Waals surface area contributed by atoms with E-state index in [2.05, 4.69) is 10.2 Å². The minimum absolute atomic E-state index is 0.0369. The van der Waals surface area contributed by atoms with Gasteiger partial charge in [-0.25, -0.2) is 0 Å². The Bertz CT molecular complexity index is 1300.